The lowest BCUT2D eigenvalue weighted by Crippen LogP contribution is -2.23. The first-order chi connectivity index (χ1) is 16.0. The number of benzene rings is 2. The smallest absolute Gasteiger partial charge is 0.349 e. The van der Waals surface area contributed by atoms with Gasteiger partial charge >= 0.3 is 5.97 Å². The number of halogens is 1. The first-order valence-corrected chi connectivity index (χ1v) is 10.1. The average molecular weight is 467 g/mol. The van der Waals surface area contributed by atoms with Gasteiger partial charge in [0.1, 0.15) is 23.2 Å². The number of carbonyl (C=O) groups excluding carboxylic acids is 2. The molecule has 0 bridgehead atoms. The summed E-state index contributed by atoms with van der Waals surface area (Å²) in [6.07, 6.45) is 2.89. The second kappa shape index (κ2) is 11.4. The third-order valence-electron chi connectivity index (χ3n) is 4.26. The molecule has 3 aromatic rings. The Morgan fingerprint density at radius 1 is 1.15 bits per heavy atom. The highest BCUT2D eigenvalue weighted by molar-refractivity contribution is 6.30. The molecular formula is C24H19ClN2O6. The van der Waals surface area contributed by atoms with Crippen LogP contribution in [0.1, 0.15) is 11.3 Å². The minimum Gasteiger partial charge on any atom is -0.493 e. The van der Waals surface area contributed by atoms with Crippen LogP contribution >= 0.6 is 11.6 Å². The molecule has 3 rings (SSSR count). The summed E-state index contributed by atoms with van der Waals surface area (Å²) >= 11 is 5.81. The van der Waals surface area contributed by atoms with Crippen molar-refractivity contribution in [2.45, 2.75) is 6.54 Å². The van der Waals surface area contributed by atoms with Crippen LogP contribution in [0, 0.1) is 11.3 Å². The number of hydrogen-bond donors (Lipinski definition) is 1. The Bertz CT molecular complexity index is 1180. The minimum atomic E-state index is -0.637. The van der Waals surface area contributed by atoms with Crippen molar-refractivity contribution in [1.82, 2.24) is 5.32 Å². The van der Waals surface area contributed by atoms with Gasteiger partial charge in [-0.1, -0.05) is 17.7 Å². The van der Waals surface area contributed by atoms with Gasteiger partial charge in [0.05, 0.1) is 19.9 Å². The minimum absolute atomic E-state index is 0.107. The van der Waals surface area contributed by atoms with Crippen molar-refractivity contribution in [3.8, 4) is 23.3 Å². The van der Waals surface area contributed by atoms with Crippen LogP contribution in [-0.2, 0) is 16.1 Å². The summed E-state index contributed by atoms with van der Waals surface area (Å²) in [6, 6.07) is 16.5. The Morgan fingerprint density at radius 2 is 1.94 bits per heavy atom. The standard InChI is InChI=1S/C24H19ClN2O6/c1-30-22-12-16(11-17(13-26)24(29)27-14-20-3-2-10-31-20)4-9-21(22)33-23(28)15-32-19-7-5-18(25)6-8-19/h2-12H,14-15H2,1H3,(H,27,29)/b17-11+. The third kappa shape index (κ3) is 6.89. The highest BCUT2D eigenvalue weighted by Crippen LogP contribution is 2.29. The third-order valence-corrected chi connectivity index (χ3v) is 4.51. The van der Waals surface area contributed by atoms with Crippen molar-refractivity contribution in [2.75, 3.05) is 13.7 Å². The molecule has 0 aliphatic heterocycles. The zero-order chi connectivity index (χ0) is 23.6. The molecule has 168 valence electrons. The molecule has 0 saturated heterocycles. The van der Waals surface area contributed by atoms with E-state index < -0.39 is 11.9 Å². The zero-order valence-electron chi connectivity index (χ0n) is 17.5. The van der Waals surface area contributed by atoms with Gasteiger partial charge in [-0.25, -0.2) is 4.79 Å². The lowest BCUT2D eigenvalue weighted by atomic mass is 10.1. The summed E-state index contributed by atoms with van der Waals surface area (Å²) in [5.74, 6) is 0.257. The molecule has 1 heterocycles. The SMILES string of the molecule is COc1cc(/C=C(\C#N)C(=O)NCc2ccco2)ccc1OC(=O)COc1ccc(Cl)cc1. The Hall–Kier alpha value is -4.22. The number of hydrogen-bond acceptors (Lipinski definition) is 7. The molecule has 0 unspecified atom stereocenters. The number of nitrogens with zero attached hydrogens (tertiary/aromatic N) is 1. The molecule has 0 fully saturated rings. The topological polar surface area (TPSA) is 111 Å². The zero-order valence-corrected chi connectivity index (χ0v) is 18.3. The second-order valence-electron chi connectivity index (χ2n) is 6.56. The van der Waals surface area contributed by atoms with Gasteiger partial charge in [-0.15, -0.1) is 0 Å². The van der Waals surface area contributed by atoms with Crippen LogP contribution in [-0.4, -0.2) is 25.6 Å². The van der Waals surface area contributed by atoms with Gasteiger partial charge in [0.2, 0.25) is 0 Å². The van der Waals surface area contributed by atoms with E-state index >= 15 is 0 Å². The van der Waals surface area contributed by atoms with Crippen molar-refractivity contribution in [3.05, 3.63) is 82.8 Å². The van der Waals surface area contributed by atoms with E-state index in [1.165, 1.54) is 25.5 Å². The molecule has 1 aromatic heterocycles. The number of ether oxygens (including phenoxy) is 3. The Morgan fingerprint density at radius 3 is 2.61 bits per heavy atom. The molecule has 0 aliphatic carbocycles. The van der Waals surface area contributed by atoms with E-state index in [2.05, 4.69) is 5.32 Å². The first-order valence-electron chi connectivity index (χ1n) is 9.68. The van der Waals surface area contributed by atoms with Crippen LogP contribution < -0.4 is 19.5 Å². The molecule has 0 saturated carbocycles. The van der Waals surface area contributed by atoms with Crippen molar-refractivity contribution < 1.29 is 28.2 Å². The molecule has 0 radical (unpaired) electrons. The van der Waals surface area contributed by atoms with E-state index in [4.69, 9.17) is 30.2 Å². The summed E-state index contributed by atoms with van der Waals surface area (Å²) in [4.78, 5) is 24.4. The van der Waals surface area contributed by atoms with Gasteiger partial charge < -0.3 is 23.9 Å². The number of methoxy groups -OCH3 is 1. The predicted octanol–water partition coefficient (Wildman–Crippen LogP) is 4.15. The van der Waals surface area contributed by atoms with Gasteiger partial charge in [0.25, 0.3) is 5.91 Å². The van der Waals surface area contributed by atoms with E-state index in [1.54, 1.807) is 48.5 Å². The fourth-order valence-corrected chi connectivity index (χ4v) is 2.80. The Kier molecular flexibility index (Phi) is 8.11. The molecule has 0 atom stereocenters. The van der Waals surface area contributed by atoms with Gasteiger partial charge in [0, 0.05) is 5.02 Å². The Balaban J connectivity index is 1.63. The molecule has 33 heavy (non-hydrogen) atoms. The maximum absolute atomic E-state index is 12.3. The van der Waals surface area contributed by atoms with E-state index in [9.17, 15) is 14.9 Å². The quantitative estimate of drug-likeness (QED) is 0.218. The van der Waals surface area contributed by atoms with Gasteiger partial charge in [-0.2, -0.15) is 5.26 Å². The first kappa shape index (κ1) is 23.4. The summed E-state index contributed by atoms with van der Waals surface area (Å²) in [7, 11) is 1.41. The largest absolute Gasteiger partial charge is 0.493 e. The predicted molar refractivity (Wildman–Crippen MR) is 120 cm³/mol. The summed E-state index contributed by atoms with van der Waals surface area (Å²) < 4.78 is 21.1. The number of nitriles is 1. The molecule has 9 heteroatoms. The van der Waals surface area contributed by atoms with E-state index in [0.717, 1.165) is 0 Å². The Labute approximate surface area is 194 Å². The molecule has 1 N–H and O–H groups in total. The molecular weight excluding hydrogens is 448 g/mol. The lowest BCUT2D eigenvalue weighted by molar-refractivity contribution is -0.136. The van der Waals surface area contributed by atoms with Crippen molar-refractivity contribution in [2.24, 2.45) is 0 Å². The van der Waals surface area contributed by atoms with E-state index in [1.807, 2.05) is 6.07 Å². The van der Waals surface area contributed by atoms with Crippen LogP contribution in [0.3, 0.4) is 0 Å². The monoisotopic (exact) mass is 466 g/mol. The van der Waals surface area contributed by atoms with Crippen molar-refractivity contribution in [1.29, 1.82) is 5.26 Å². The van der Waals surface area contributed by atoms with Gasteiger partial charge in [-0.3, -0.25) is 4.79 Å². The van der Waals surface area contributed by atoms with Crippen molar-refractivity contribution in [3.63, 3.8) is 0 Å². The molecule has 2 aromatic carbocycles. The molecule has 0 spiro atoms. The maximum Gasteiger partial charge on any atom is 0.349 e. The van der Waals surface area contributed by atoms with E-state index in [-0.39, 0.29) is 30.2 Å². The van der Waals surface area contributed by atoms with Crippen LogP contribution in [0.2, 0.25) is 5.02 Å². The summed E-state index contributed by atoms with van der Waals surface area (Å²) in [5.41, 5.74) is 0.401. The molecule has 0 aliphatic rings. The van der Waals surface area contributed by atoms with Crippen LogP contribution in [0.25, 0.3) is 6.08 Å². The average Bonchev–Trinajstić information content (AvgIpc) is 3.35. The molecule has 8 nitrogen and oxygen atoms in total. The van der Waals surface area contributed by atoms with Crippen LogP contribution in [0.15, 0.2) is 70.9 Å². The number of rotatable bonds is 9. The number of furan rings is 1. The summed E-state index contributed by atoms with van der Waals surface area (Å²) in [5, 5.41) is 12.5. The molecule has 1 amide bonds. The number of esters is 1. The van der Waals surface area contributed by atoms with Crippen LogP contribution in [0.4, 0.5) is 0 Å². The number of nitrogens with one attached hydrogen (secondary N) is 1. The van der Waals surface area contributed by atoms with Crippen molar-refractivity contribution >= 4 is 29.6 Å². The summed E-state index contributed by atoms with van der Waals surface area (Å²) in [6.45, 7) is -0.165. The normalized spacial score (nSPS) is 10.8. The highest BCUT2D eigenvalue weighted by Gasteiger charge is 2.14. The fourth-order valence-electron chi connectivity index (χ4n) is 2.67. The number of amides is 1. The van der Waals surface area contributed by atoms with Crippen LogP contribution in [0.5, 0.6) is 17.2 Å². The van der Waals surface area contributed by atoms with Gasteiger partial charge in [-0.05, 0) is 60.2 Å². The maximum atomic E-state index is 12.3. The van der Waals surface area contributed by atoms with E-state index in [0.29, 0.717) is 22.1 Å². The number of carbonyl (C=O) groups is 2. The highest BCUT2D eigenvalue weighted by atomic mass is 35.5. The second-order valence-corrected chi connectivity index (χ2v) is 7.00. The fraction of sp³-hybridized carbons (Fsp3) is 0.125. The van der Waals surface area contributed by atoms with Gasteiger partial charge in [0.15, 0.2) is 18.1 Å². The lowest BCUT2D eigenvalue weighted by Gasteiger charge is -2.11.